The van der Waals surface area contributed by atoms with Gasteiger partial charge < -0.3 is 0 Å². The molecular weight excluding hydrogens is 615 g/mol. The topological polar surface area (TPSA) is 3.88 Å². The summed E-state index contributed by atoms with van der Waals surface area (Å²) < 4.78 is 2.43. The second-order valence-electron chi connectivity index (χ2n) is 16.5. The smallest absolute Gasteiger partial charge is 0.173 e. The number of pyridine rings is 1. The first-order chi connectivity index (χ1) is 25.3. The van der Waals surface area contributed by atoms with Gasteiger partial charge in [-0.3, -0.25) is 0 Å². The van der Waals surface area contributed by atoms with E-state index in [4.69, 9.17) is 0 Å². The van der Waals surface area contributed by atoms with E-state index in [2.05, 4.69) is 67.2 Å². The summed E-state index contributed by atoms with van der Waals surface area (Å²) in [5.41, 5.74) is 4.63. The van der Waals surface area contributed by atoms with Gasteiger partial charge in [-0.15, -0.1) is 0 Å². The van der Waals surface area contributed by atoms with Crippen LogP contribution in [-0.2, 0) is 19.4 Å². The van der Waals surface area contributed by atoms with Gasteiger partial charge in [-0.1, -0.05) is 250 Å². The van der Waals surface area contributed by atoms with Crippen LogP contribution in [0.5, 0.6) is 0 Å². The van der Waals surface area contributed by atoms with Crippen LogP contribution < -0.4 is 4.57 Å². The highest BCUT2D eigenvalue weighted by Gasteiger charge is 2.11. The lowest BCUT2D eigenvalue weighted by molar-refractivity contribution is -0.688. The Morgan fingerprint density at radius 3 is 1.00 bits per heavy atom. The highest BCUT2D eigenvalue weighted by atomic mass is 14.9. The Kier molecular flexibility index (Phi) is 31.6. The third-order valence-electron chi connectivity index (χ3n) is 11.5. The molecule has 0 amide bonds. The van der Waals surface area contributed by atoms with Crippen LogP contribution in [0.15, 0.2) is 48.8 Å². The zero-order valence-corrected chi connectivity index (χ0v) is 34.7. The summed E-state index contributed by atoms with van der Waals surface area (Å²) in [6.07, 6.45) is 56.4. The molecule has 1 aromatic carbocycles. The Bertz CT molecular complexity index is 980. The number of unbranched alkanes of at least 4 members (excludes halogenated alkanes) is 32. The normalized spacial score (nSPS) is 11.5. The van der Waals surface area contributed by atoms with Crippen molar-refractivity contribution in [2.45, 2.75) is 252 Å². The van der Waals surface area contributed by atoms with Gasteiger partial charge in [-0.05, 0) is 31.2 Å². The maximum absolute atomic E-state index is 2.49. The lowest BCUT2D eigenvalue weighted by Gasteiger charge is -2.10. The molecule has 1 nitrogen and oxygen atoms in total. The van der Waals surface area contributed by atoms with Gasteiger partial charge in [0.05, 0.1) is 0 Å². The second kappa shape index (κ2) is 35.4. The monoisotopic (exact) mass is 703 g/mol. The molecule has 292 valence electrons. The van der Waals surface area contributed by atoms with Crippen LogP contribution in [0, 0.1) is 0 Å². The zero-order chi connectivity index (χ0) is 36.1. The van der Waals surface area contributed by atoms with Gasteiger partial charge in [0.1, 0.15) is 0 Å². The first kappa shape index (κ1) is 45.5. The van der Waals surface area contributed by atoms with Crippen LogP contribution in [0.25, 0.3) is 0 Å². The summed E-state index contributed by atoms with van der Waals surface area (Å²) in [5.74, 6) is 0. The van der Waals surface area contributed by atoms with Crippen LogP contribution in [0.2, 0.25) is 0 Å². The first-order valence-corrected chi connectivity index (χ1v) is 23.4. The minimum absolute atomic E-state index is 0.978. The highest BCUT2D eigenvalue weighted by molar-refractivity contribution is 5.22. The molecule has 0 saturated heterocycles. The molecular formula is C50H88N+. The molecule has 51 heavy (non-hydrogen) atoms. The van der Waals surface area contributed by atoms with E-state index in [1.54, 1.807) is 11.1 Å². The van der Waals surface area contributed by atoms with Crippen molar-refractivity contribution >= 4 is 0 Å². The second-order valence-corrected chi connectivity index (χ2v) is 16.5. The Hall–Kier alpha value is -1.63. The molecule has 1 aromatic heterocycles. The third kappa shape index (κ3) is 27.6. The number of aromatic nitrogens is 1. The van der Waals surface area contributed by atoms with E-state index in [1.807, 2.05) is 0 Å². The van der Waals surface area contributed by atoms with E-state index < -0.39 is 0 Å². The minimum atomic E-state index is 0.978. The minimum Gasteiger partial charge on any atom is -0.200 e. The largest absolute Gasteiger partial charge is 0.200 e. The van der Waals surface area contributed by atoms with Gasteiger partial charge >= 0.3 is 0 Å². The number of hydrogen-bond acceptors (Lipinski definition) is 0. The summed E-state index contributed by atoms with van der Waals surface area (Å²) in [6, 6.07) is 13.4. The molecule has 0 spiro atoms. The summed E-state index contributed by atoms with van der Waals surface area (Å²) in [5, 5.41) is 0. The molecule has 0 aliphatic rings. The molecule has 0 fully saturated rings. The van der Waals surface area contributed by atoms with E-state index in [9.17, 15) is 0 Å². The van der Waals surface area contributed by atoms with Gasteiger partial charge in [-0.2, -0.15) is 0 Å². The van der Waals surface area contributed by atoms with E-state index in [0.717, 1.165) is 6.54 Å². The van der Waals surface area contributed by atoms with Gasteiger partial charge in [-0.25, -0.2) is 4.57 Å². The fourth-order valence-corrected chi connectivity index (χ4v) is 8.06. The Morgan fingerprint density at radius 2 is 0.647 bits per heavy atom. The van der Waals surface area contributed by atoms with Crippen molar-refractivity contribution in [3.8, 4) is 0 Å². The fourth-order valence-electron chi connectivity index (χ4n) is 8.06. The molecule has 2 aromatic rings. The third-order valence-corrected chi connectivity index (χ3v) is 11.5. The van der Waals surface area contributed by atoms with Gasteiger partial charge in [0.2, 0.25) is 0 Å². The van der Waals surface area contributed by atoms with Gasteiger partial charge in [0, 0.05) is 17.2 Å². The number of aryl methyl sites for hydroxylation is 2. The molecule has 0 aliphatic carbocycles. The Labute approximate surface area is 320 Å². The predicted octanol–water partition coefficient (Wildman–Crippen LogP) is 16.4. The van der Waals surface area contributed by atoms with E-state index in [1.165, 1.54) is 237 Å². The first-order valence-electron chi connectivity index (χ1n) is 23.4. The Balaban J connectivity index is 1.54. The number of benzene rings is 1. The lowest BCUT2D eigenvalue weighted by Crippen LogP contribution is -2.34. The fraction of sp³-hybridized carbons (Fsp3) is 0.780. The summed E-state index contributed by atoms with van der Waals surface area (Å²) in [4.78, 5) is 0. The van der Waals surface area contributed by atoms with Crippen LogP contribution >= 0.6 is 0 Å². The van der Waals surface area contributed by atoms with Crippen LogP contribution in [-0.4, -0.2) is 0 Å². The number of rotatable bonds is 38. The van der Waals surface area contributed by atoms with Crippen molar-refractivity contribution in [3.05, 3.63) is 65.5 Å². The van der Waals surface area contributed by atoms with Crippen molar-refractivity contribution in [1.82, 2.24) is 0 Å². The van der Waals surface area contributed by atoms with Gasteiger partial charge in [0.25, 0.3) is 0 Å². The number of nitrogens with zero attached hydrogens (tertiary/aromatic N) is 1. The maximum Gasteiger partial charge on any atom is 0.173 e. The molecule has 0 bridgehead atoms. The van der Waals surface area contributed by atoms with Crippen molar-refractivity contribution in [1.29, 1.82) is 0 Å². The molecule has 0 atom stereocenters. The summed E-state index contributed by atoms with van der Waals surface area (Å²) in [7, 11) is 0. The molecule has 0 unspecified atom stereocenters. The highest BCUT2D eigenvalue weighted by Crippen LogP contribution is 2.19. The molecule has 0 saturated carbocycles. The SMILES string of the molecule is CCCCCCCCCCCCCCCCCCCc1cc[n+](Cc2ccccc2)cc1CCCCCCCCCCCCCCCCCCC. The quantitative estimate of drug-likeness (QED) is 0.0484. The van der Waals surface area contributed by atoms with Crippen molar-refractivity contribution in [2.75, 3.05) is 0 Å². The van der Waals surface area contributed by atoms with E-state index >= 15 is 0 Å². The van der Waals surface area contributed by atoms with Crippen LogP contribution in [0.1, 0.15) is 249 Å². The number of hydrogen-bond donors (Lipinski definition) is 0. The van der Waals surface area contributed by atoms with Crippen molar-refractivity contribution < 1.29 is 4.57 Å². The Morgan fingerprint density at radius 1 is 0.333 bits per heavy atom. The van der Waals surface area contributed by atoms with Crippen molar-refractivity contribution in [2.24, 2.45) is 0 Å². The molecule has 0 radical (unpaired) electrons. The summed E-state index contributed by atoms with van der Waals surface area (Å²) in [6.45, 7) is 5.60. The molecule has 2 rings (SSSR count). The van der Waals surface area contributed by atoms with E-state index in [-0.39, 0.29) is 0 Å². The standard InChI is InChI=1S/C50H88N/c1-3-5-7-9-11-13-15-17-19-21-23-25-27-29-31-33-38-42-49-44-45-51(46-48-40-36-35-37-41-48)47-50(49)43-39-34-32-30-28-26-24-22-20-18-16-14-12-10-8-6-4-2/h35-37,40-41,44-45,47H,3-34,38-39,42-43,46H2,1-2H3/q+1. The van der Waals surface area contributed by atoms with Crippen LogP contribution in [0.4, 0.5) is 0 Å². The molecule has 0 N–H and O–H groups in total. The van der Waals surface area contributed by atoms with Gasteiger partial charge in [0.15, 0.2) is 18.9 Å². The average Bonchev–Trinajstić information content (AvgIpc) is 3.15. The van der Waals surface area contributed by atoms with Crippen molar-refractivity contribution in [3.63, 3.8) is 0 Å². The van der Waals surface area contributed by atoms with Crippen LogP contribution in [0.3, 0.4) is 0 Å². The average molecular weight is 703 g/mol. The lowest BCUT2D eigenvalue weighted by atomic mass is 9.97. The maximum atomic E-state index is 2.49. The molecule has 0 aliphatic heterocycles. The zero-order valence-electron chi connectivity index (χ0n) is 34.7. The molecule has 1 heterocycles. The molecule has 1 heteroatoms. The predicted molar refractivity (Wildman–Crippen MR) is 228 cm³/mol. The van der Waals surface area contributed by atoms with E-state index in [0.29, 0.717) is 0 Å². The summed E-state index contributed by atoms with van der Waals surface area (Å²) >= 11 is 0.